The number of amides is 2. The Labute approximate surface area is 148 Å². The maximum atomic E-state index is 12.2. The molecule has 2 rings (SSSR count). The molecule has 6 nitrogen and oxygen atoms in total. The number of carbonyl (C=O) groups excluding carboxylic acids is 2. The molecule has 0 spiro atoms. The molecule has 7 heteroatoms. The van der Waals surface area contributed by atoms with Crippen molar-refractivity contribution in [2.24, 2.45) is 11.7 Å². The zero-order chi connectivity index (χ0) is 16.8. The second-order valence-corrected chi connectivity index (χ2v) is 6.17. The molecule has 24 heavy (non-hydrogen) atoms. The fourth-order valence-electron chi connectivity index (χ4n) is 2.57. The van der Waals surface area contributed by atoms with Gasteiger partial charge < -0.3 is 21.1 Å². The lowest BCUT2D eigenvalue weighted by Gasteiger charge is -2.26. The van der Waals surface area contributed by atoms with Crippen LogP contribution in [0.3, 0.4) is 0 Å². The molecule has 2 amide bonds. The number of halogens is 1. The van der Waals surface area contributed by atoms with Crippen molar-refractivity contribution in [3.05, 3.63) is 29.8 Å². The van der Waals surface area contributed by atoms with E-state index in [0.29, 0.717) is 24.5 Å². The van der Waals surface area contributed by atoms with Crippen molar-refractivity contribution in [2.75, 3.05) is 18.5 Å². The van der Waals surface area contributed by atoms with Crippen molar-refractivity contribution in [1.29, 1.82) is 0 Å². The molecule has 0 aromatic heterocycles. The number of hydrogen-bond acceptors (Lipinski definition) is 4. The van der Waals surface area contributed by atoms with Crippen LogP contribution in [-0.2, 0) is 9.53 Å². The predicted octanol–water partition coefficient (Wildman–Crippen LogP) is 1.94. The van der Waals surface area contributed by atoms with Gasteiger partial charge in [-0.3, -0.25) is 9.59 Å². The number of nitrogens with two attached hydrogens (primary N) is 1. The van der Waals surface area contributed by atoms with Gasteiger partial charge in [0.25, 0.3) is 5.91 Å². The summed E-state index contributed by atoms with van der Waals surface area (Å²) in [6, 6.07) is 6.34. The summed E-state index contributed by atoms with van der Waals surface area (Å²) >= 11 is 0. The van der Waals surface area contributed by atoms with Gasteiger partial charge in [0.05, 0.1) is 6.04 Å². The zero-order valence-electron chi connectivity index (χ0n) is 14.1. The lowest BCUT2D eigenvalue weighted by atomic mass is 9.92. The molecule has 1 aromatic carbocycles. The van der Waals surface area contributed by atoms with Gasteiger partial charge in [0.1, 0.15) is 0 Å². The summed E-state index contributed by atoms with van der Waals surface area (Å²) in [5.74, 6) is -0.173. The smallest absolute Gasteiger partial charge is 0.251 e. The Balaban J connectivity index is 0.00000288. The van der Waals surface area contributed by atoms with Crippen molar-refractivity contribution in [3.63, 3.8) is 0 Å². The van der Waals surface area contributed by atoms with Crippen LogP contribution in [0.1, 0.15) is 37.0 Å². The molecule has 0 aliphatic carbocycles. The van der Waals surface area contributed by atoms with Gasteiger partial charge in [-0.25, -0.2) is 0 Å². The van der Waals surface area contributed by atoms with E-state index >= 15 is 0 Å². The largest absolute Gasteiger partial charge is 0.381 e. The number of hydrogen-bond donors (Lipinski definition) is 3. The van der Waals surface area contributed by atoms with E-state index in [9.17, 15) is 9.59 Å². The molecule has 0 saturated carbocycles. The number of benzene rings is 1. The summed E-state index contributed by atoms with van der Waals surface area (Å²) in [6.07, 6.45) is 1.62. The lowest BCUT2D eigenvalue weighted by molar-refractivity contribution is -0.119. The number of nitrogens with one attached hydrogen (secondary N) is 2. The molecule has 134 valence electrons. The molecule has 1 unspecified atom stereocenters. The van der Waals surface area contributed by atoms with E-state index in [4.69, 9.17) is 10.5 Å². The first-order valence-corrected chi connectivity index (χ1v) is 8.02. The van der Waals surface area contributed by atoms with E-state index < -0.39 is 6.04 Å². The fourth-order valence-corrected chi connectivity index (χ4v) is 2.57. The van der Waals surface area contributed by atoms with Gasteiger partial charge in [0, 0.05) is 30.5 Å². The third kappa shape index (κ3) is 5.78. The normalized spacial score (nSPS) is 16.2. The second kappa shape index (κ2) is 9.61. The first-order chi connectivity index (χ1) is 11.0. The van der Waals surface area contributed by atoms with Crippen molar-refractivity contribution in [3.8, 4) is 0 Å². The van der Waals surface area contributed by atoms with Crippen LogP contribution in [0.15, 0.2) is 24.3 Å². The number of carbonyl (C=O) groups is 2. The van der Waals surface area contributed by atoms with Gasteiger partial charge in [-0.2, -0.15) is 0 Å². The van der Waals surface area contributed by atoms with Crippen LogP contribution in [0.2, 0.25) is 0 Å². The predicted molar refractivity (Wildman–Crippen MR) is 96.4 cm³/mol. The Morgan fingerprint density at radius 3 is 2.29 bits per heavy atom. The summed E-state index contributed by atoms with van der Waals surface area (Å²) < 4.78 is 5.29. The molecule has 1 saturated heterocycles. The standard InChI is InChI=1S/C17H25N3O3.ClH/c1-11(2)19-16(21)13-3-5-14(6-4-13)20-17(22)15(18)12-7-9-23-10-8-12;/h3-6,11-12,15H,7-10,18H2,1-2H3,(H,19,21)(H,20,22);1H. The van der Waals surface area contributed by atoms with E-state index in [1.165, 1.54) is 0 Å². The first kappa shape index (κ1) is 20.4. The van der Waals surface area contributed by atoms with E-state index in [0.717, 1.165) is 12.8 Å². The van der Waals surface area contributed by atoms with Crippen LogP contribution in [0, 0.1) is 5.92 Å². The average Bonchev–Trinajstić information content (AvgIpc) is 2.55. The van der Waals surface area contributed by atoms with Gasteiger partial charge in [-0.1, -0.05) is 0 Å². The highest BCUT2D eigenvalue weighted by Crippen LogP contribution is 2.19. The van der Waals surface area contributed by atoms with Crippen molar-refractivity contribution < 1.29 is 14.3 Å². The van der Waals surface area contributed by atoms with Crippen LogP contribution >= 0.6 is 12.4 Å². The Bertz CT molecular complexity index is 543. The Morgan fingerprint density at radius 2 is 1.75 bits per heavy atom. The number of rotatable bonds is 5. The highest BCUT2D eigenvalue weighted by Gasteiger charge is 2.26. The minimum Gasteiger partial charge on any atom is -0.381 e. The number of ether oxygens (including phenoxy) is 1. The van der Waals surface area contributed by atoms with Crippen molar-refractivity contribution in [2.45, 2.75) is 38.8 Å². The van der Waals surface area contributed by atoms with Crippen LogP contribution in [0.25, 0.3) is 0 Å². The molecule has 1 fully saturated rings. The topological polar surface area (TPSA) is 93.5 Å². The maximum absolute atomic E-state index is 12.2. The summed E-state index contributed by atoms with van der Waals surface area (Å²) in [5, 5.41) is 5.63. The SMILES string of the molecule is CC(C)NC(=O)c1ccc(NC(=O)C(N)C2CCOCC2)cc1.Cl. The molecular formula is C17H26ClN3O3. The zero-order valence-corrected chi connectivity index (χ0v) is 14.9. The molecule has 0 radical (unpaired) electrons. The summed E-state index contributed by atoms with van der Waals surface area (Å²) in [5.41, 5.74) is 7.24. The number of anilines is 1. The van der Waals surface area contributed by atoms with E-state index in [-0.39, 0.29) is 36.2 Å². The molecule has 0 bridgehead atoms. The molecule has 1 aliphatic heterocycles. The third-order valence-corrected chi connectivity index (χ3v) is 3.91. The Hall–Kier alpha value is -1.63. The summed E-state index contributed by atoms with van der Waals surface area (Å²) in [6.45, 7) is 5.13. The van der Waals surface area contributed by atoms with Crippen LogP contribution in [0.5, 0.6) is 0 Å². The highest BCUT2D eigenvalue weighted by atomic mass is 35.5. The Kier molecular flexibility index (Phi) is 8.18. The van der Waals surface area contributed by atoms with Gasteiger partial charge in [0.15, 0.2) is 0 Å². The minimum absolute atomic E-state index is 0. The molecule has 1 aliphatic rings. The quantitative estimate of drug-likeness (QED) is 0.752. The van der Waals surface area contributed by atoms with Crippen LogP contribution in [-0.4, -0.2) is 37.1 Å². The summed E-state index contributed by atoms with van der Waals surface area (Å²) in [4.78, 5) is 24.1. The van der Waals surface area contributed by atoms with Crippen molar-refractivity contribution >= 4 is 29.9 Å². The van der Waals surface area contributed by atoms with Gasteiger partial charge in [-0.15, -0.1) is 12.4 Å². The van der Waals surface area contributed by atoms with Gasteiger partial charge in [0.2, 0.25) is 5.91 Å². The van der Waals surface area contributed by atoms with E-state index in [2.05, 4.69) is 10.6 Å². The Morgan fingerprint density at radius 1 is 1.17 bits per heavy atom. The van der Waals surface area contributed by atoms with Gasteiger partial charge in [-0.05, 0) is 56.9 Å². The van der Waals surface area contributed by atoms with Crippen molar-refractivity contribution in [1.82, 2.24) is 5.32 Å². The molecule has 1 heterocycles. The van der Waals surface area contributed by atoms with Gasteiger partial charge >= 0.3 is 0 Å². The molecule has 1 atom stereocenters. The second-order valence-electron chi connectivity index (χ2n) is 6.17. The summed E-state index contributed by atoms with van der Waals surface area (Å²) in [7, 11) is 0. The average molecular weight is 356 g/mol. The lowest BCUT2D eigenvalue weighted by Crippen LogP contribution is -2.44. The maximum Gasteiger partial charge on any atom is 0.251 e. The fraction of sp³-hybridized carbons (Fsp3) is 0.529. The minimum atomic E-state index is -0.539. The molecule has 4 N–H and O–H groups in total. The van der Waals surface area contributed by atoms with Crippen LogP contribution < -0.4 is 16.4 Å². The highest BCUT2D eigenvalue weighted by molar-refractivity contribution is 5.97. The third-order valence-electron chi connectivity index (χ3n) is 3.91. The van der Waals surface area contributed by atoms with E-state index in [1.807, 2.05) is 13.8 Å². The molecular weight excluding hydrogens is 330 g/mol. The first-order valence-electron chi connectivity index (χ1n) is 8.02. The monoisotopic (exact) mass is 355 g/mol. The van der Waals surface area contributed by atoms with Crippen LogP contribution in [0.4, 0.5) is 5.69 Å². The van der Waals surface area contributed by atoms with E-state index in [1.54, 1.807) is 24.3 Å². The molecule has 1 aromatic rings.